The first-order chi connectivity index (χ1) is 19.8. The molecule has 2 aromatic carbocycles. The van der Waals surface area contributed by atoms with E-state index in [4.69, 9.17) is 27.9 Å². The number of methoxy groups -OCH3 is 1. The maximum atomic E-state index is 14.2. The molecule has 0 saturated heterocycles. The van der Waals surface area contributed by atoms with Crippen molar-refractivity contribution in [1.82, 2.24) is 28.9 Å². The van der Waals surface area contributed by atoms with Crippen LogP contribution in [0.1, 0.15) is 36.4 Å². The number of aliphatic hydroxyl groups is 1. The summed E-state index contributed by atoms with van der Waals surface area (Å²) in [7, 11) is 3.08. The fourth-order valence-corrected chi connectivity index (χ4v) is 5.10. The van der Waals surface area contributed by atoms with E-state index >= 15 is 0 Å². The third-order valence-electron chi connectivity index (χ3n) is 6.98. The van der Waals surface area contributed by atoms with Gasteiger partial charge in [0.1, 0.15) is 12.1 Å². The van der Waals surface area contributed by atoms with Crippen molar-refractivity contribution >= 4 is 34.2 Å². The molecule has 0 aliphatic carbocycles. The number of fused-ring (bicyclic) bond motifs is 1. The Labute approximate surface area is 249 Å². The molecule has 3 aromatic heterocycles. The van der Waals surface area contributed by atoms with Gasteiger partial charge in [0.15, 0.2) is 11.3 Å². The topological polar surface area (TPSA) is 117 Å². The number of hydrogen-bond donors (Lipinski definition) is 1. The van der Waals surface area contributed by atoms with Crippen LogP contribution in [0.15, 0.2) is 52.3 Å². The average molecular weight is 613 g/mol. The van der Waals surface area contributed by atoms with Crippen LogP contribution < -0.4 is 16.0 Å². The summed E-state index contributed by atoms with van der Waals surface area (Å²) in [6.07, 6.45) is 1.46. The predicted molar refractivity (Wildman–Crippen MR) is 158 cm³/mol. The number of nitrogens with zero attached hydrogens (tertiary/aromatic N) is 6. The fraction of sp³-hybridized carbons (Fsp3) is 0.276. The van der Waals surface area contributed by atoms with Gasteiger partial charge in [-0.3, -0.25) is 18.6 Å². The summed E-state index contributed by atoms with van der Waals surface area (Å²) in [4.78, 5) is 36.4. The molecule has 0 unspecified atom stereocenters. The normalized spacial score (nSPS) is 11.8. The molecule has 0 amide bonds. The summed E-state index contributed by atoms with van der Waals surface area (Å²) < 4.78 is 23.6. The highest BCUT2D eigenvalue weighted by Crippen LogP contribution is 2.38. The first-order valence-corrected chi connectivity index (χ1v) is 13.6. The highest BCUT2D eigenvalue weighted by Gasteiger charge is 2.23. The van der Waals surface area contributed by atoms with Crippen molar-refractivity contribution in [3.05, 3.63) is 102 Å². The standard InChI is InChI=1S/C29H27Cl2FN6O4/c1-15-8-22(32)21(31)9-16(15)12-37-23-11-19(18-10-17(29(2,3)41)6-7-20(18)30)26(42-5)34-25(23)27(39)38(28(37)40)13-24-33-14-36(4)35-24/h6-11,14,41H,12-13H2,1-5H3. The van der Waals surface area contributed by atoms with Crippen molar-refractivity contribution in [2.24, 2.45) is 7.05 Å². The lowest BCUT2D eigenvalue weighted by atomic mass is 9.94. The Bertz CT molecular complexity index is 1980. The van der Waals surface area contributed by atoms with Gasteiger partial charge in [-0.1, -0.05) is 29.3 Å². The average Bonchev–Trinajstić information content (AvgIpc) is 3.35. The van der Waals surface area contributed by atoms with Crippen LogP contribution in [0.25, 0.3) is 22.2 Å². The quantitative estimate of drug-likeness (QED) is 0.289. The zero-order valence-electron chi connectivity index (χ0n) is 23.4. The van der Waals surface area contributed by atoms with E-state index < -0.39 is 22.7 Å². The van der Waals surface area contributed by atoms with Crippen molar-refractivity contribution in [3.63, 3.8) is 0 Å². The van der Waals surface area contributed by atoms with Crippen LogP contribution >= 0.6 is 23.2 Å². The molecule has 5 rings (SSSR count). The van der Waals surface area contributed by atoms with Crippen molar-refractivity contribution in [1.29, 1.82) is 0 Å². The number of aromatic nitrogens is 6. The Hall–Kier alpha value is -4.06. The van der Waals surface area contributed by atoms with Crippen LogP contribution in [0.5, 0.6) is 5.88 Å². The van der Waals surface area contributed by atoms with E-state index in [1.54, 1.807) is 52.1 Å². The molecule has 0 spiro atoms. The van der Waals surface area contributed by atoms with Gasteiger partial charge in [0.2, 0.25) is 5.88 Å². The van der Waals surface area contributed by atoms with Crippen LogP contribution in [0.4, 0.5) is 4.39 Å². The van der Waals surface area contributed by atoms with Gasteiger partial charge in [0.25, 0.3) is 5.56 Å². The number of benzene rings is 2. The number of pyridine rings is 1. The highest BCUT2D eigenvalue weighted by atomic mass is 35.5. The second-order valence-corrected chi connectivity index (χ2v) is 11.3. The number of ether oxygens (including phenoxy) is 1. The van der Waals surface area contributed by atoms with E-state index in [0.29, 0.717) is 32.8 Å². The first-order valence-electron chi connectivity index (χ1n) is 12.8. The zero-order chi connectivity index (χ0) is 30.5. The lowest BCUT2D eigenvalue weighted by molar-refractivity contribution is 0.0786. The molecule has 218 valence electrons. The maximum absolute atomic E-state index is 14.2. The van der Waals surface area contributed by atoms with E-state index in [9.17, 15) is 19.1 Å². The van der Waals surface area contributed by atoms with Gasteiger partial charge in [-0.15, -0.1) is 0 Å². The molecule has 3 heterocycles. The van der Waals surface area contributed by atoms with Crippen molar-refractivity contribution < 1.29 is 14.2 Å². The molecular formula is C29H27Cl2FN6O4. The number of aryl methyl sites for hydroxylation is 2. The third kappa shape index (κ3) is 5.42. The molecule has 0 saturated carbocycles. The summed E-state index contributed by atoms with van der Waals surface area (Å²) >= 11 is 12.7. The minimum Gasteiger partial charge on any atom is -0.481 e. The first kappa shape index (κ1) is 29.4. The number of halogens is 3. The summed E-state index contributed by atoms with van der Waals surface area (Å²) in [6, 6.07) is 9.38. The van der Waals surface area contributed by atoms with Gasteiger partial charge < -0.3 is 9.84 Å². The fourth-order valence-electron chi connectivity index (χ4n) is 4.69. The van der Waals surface area contributed by atoms with E-state index in [1.807, 2.05) is 0 Å². The molecule has 42 heavy (non-hydrogen) atoms. The lowest BCUT2D eigenvalue weighted by Crippen LogP contribution is -2.41. The Balaban J connectivity index is 1.83. The number of hydrogen-bond acceptors (Lipinski definition) is 7. The third-order valence-corrected chi connectivity index (χ3v) is 7.60. The molecular weight excluding hydrogens is 586 g/mol. The van der Waals surface area contributed by atoms with Crippen LogP contribution in [0.3, 0.4) is 0 Å². The second-order valence-electron chi connectivity index (χ2n) is 10.5. The van der Waals surface area contributed by atoms with Gasteiger partial charge in [-0.2, -0.15) is 5.10 Å². The van der Waals surface area contributed by atoms with E-state index in [1.165, 1.54) is 34.8 Å². The van der Waals surface area contributed by atoms with Crippen LogP contribution in [-0.2, 0) is 25.7 Å². The molecule has 0 bridgehead atoms. The molecule has 0 aliphatic heterocycles. The Morgan fingerprint density at radius 1 is 1.02 bits per heavy atom. The van der Waals surface area contributed by atoms with Gasteiger partial charge in [-0.05, 0) is 67.8 Å². The van der Waals surface area contributed by atoms with Crippen LogP contribution in [0, 0.1) is 12.7 Å². The lowest BCUT2D eigenvalue weighted by Gasteiger charge is -2.20. The predicted octanol–water partition coefficient (Wildman–Crippen LogP) is 4.44. The van der Waals surface area contributed by atoms with Crippen LogP contribution in [0.2, 0.25) is 10.0 Å². The Morgan fingerprint density at radius 2 is 1.76 bits per heavy atom. The molecule has 0 radical (unpaired) electrons. The van der Waals surface area contributed by atoms with Gasteiger partial charge in [0, 0.05) is 23.2 Å². The van der Waals surface area contributed by atoms with Gasteiger partial charge in [-0.25, -0.2) is 19.2 Å². The Morgan fingerprint density at radius 3 is 2.40 bits per heavy atom. The molecule has 10 nitrogen and oxygen atoms in total. The monoisotopic (exact) mass is 612 g/mol. The Kier molecular flexibility index (Phi) is 7.69. The van der Waals surface area contributed by atoms with Crippen molar-refractivity contribution in [3.8, 4) is 17.0 Å². The number of rotatable bonds is 7. The van der Waals surface area contributed by atoms with Gasteiger partial charge in [0.05, 0.1) is 36.3 Å². The largest absolute Gasteiger partial charge is 0.481 e. The molecule has 0 fully saturated rings. The minimum atomic E-state index is -1.18. The minimum absolute atomic E-state index is 0.0493. The molecule has 1 N–H and O–H groups in total. The van der Waals surface area contributed by atoms with E-state index in [2.05, 4.69) is 15.1 Å². The van der Waals surface area contributed by atoms with Crippen LogP contribution in [-0.4, -0.2) is 41.1 Å². The van der Waals surface area contributed by atoms with Crippen molar-refractivity contribution in [2.45, 2.75) is 39.5 Å². The van der Waals surface area contributed by atoms with Gasteiger partial charge >= 0.3 is 5.69 Å². The van der Waals surface area contributed by atoms with E-state index in [-0.39, 0.29) is 40.8 Å². The molecule has 13 heteroatoms. The second kappa shape index (κ2) is 11.0. The highest BCUT2D eigenvalue weighted by molar-refractivity contribution is 6.33. The summed E-state index contributed by atoms with van der Waals surface area (Å²) in [6.45, 7) is 4.72. The molecule has 5 aromatic rings. The zero-order valence-corrected chi connectivity index (χ0v) is 25.0. The summed E-state index contributed by atoms with van der Waals surface area (Å²) in [5, 5.41) is 15.1. The summed E-state index contributed by atoms with van der Waals surface area (Å²) in [5.41, 5.74) is 0.206. The molecule has 0 aliphatic rings. The maximum Gasteiger partial charge on any atom is 0.332 e. The smallest absolute Gasteiger partial charge is 0.332 e. The van der Waals surface area contributed by atoms with Crippen molar-refractivity contribution in [2.75, 3.05) is 7.11 Å². The summed E-state index contributed by atoms with van der Waals surface area (Å²) in [5.74, 6) is -0.248. The van der Waals surface area contributed by atoms with E-state index in [0.717, 1.165) is 4.57 Å². The molecule has 0 atom stereocenters. The SMILES string of the molecule is COc1nc2c(=O)n(Cc3ncn(C)n3)c(=O)n(Cc3cc(Cl)c(F)cc3C)c2cc1-c1cc(C(C)(C)O)ccc1Cl.